The highest BCUT2D eigenvalue weighted by Crippen LogP contribution is 2.54. The van der Waals surface area contributed by atoms with Crippen LogP contribution in [0.15, 0.2) is 0 Å². The monoisotopic (exact) mass is 238 g/mol. The fraction of sp³-hybridized carbons (Fsp3) is 0.933. The zero-order chi connectivity index (χ0) is 12.8. The van der Waals surface area contributed by atoms with E-state index in [-0.39, 0.29) is 5.92 Å². The van der Waals surface area contributed by atoms with Crippen molar-refractivity contribution in [3.05, 3.63) is 0 Å². The van der Waals surface area contributed by atoms with Crippen LogP contribution in [-0.2, 0) is 4.79 Å². The average Bonchev–Trinajstić information content (AvgIpc) is 2.62. The first-order valence-electron chi connectivity index (χ1n) is 7.07. The highest BCUT2D eigenvalue weighted by Gasteiger charge is 2.53. The molecule has 0 amide bonds. The molecule has 5 atom stereocenters. The predicted octanol–water partition coefficient (Wildman–Crippen LogP) is 3.03. The maximum Gasteiger partial charge on any atom is 0.133 e. The second kappa shape index (κ2) is 4.38. The quantitative estimate of drug-likeness (QED) is 0.803. The Bertz CT molecular complexity index is 306. The Hall–Kier alpha value is -0.370. The fourth-order valence-electron chi connectivity index (χ4n) is 4.44. The van der Waals surface area contributed by atoms with Crippen molar-refractivity contribution in [1.82, 2.24) is 0 Å². The molecule has 0 aliphatic heterocycles. The molecule has 2 aliphatic rings. The summed E-state index contributed by atoms with van der Waals surface area (Å²) >= 11 is 0. The van der Waals surface area contributed by atoms with Gasteiger partial charge in [-0.25, -0.2) is 0 Å². The van der Waals surface area contributed by atoms with E-state index in [2.05, 4.69) is 13.8 Å². The van der Waals surface area contributed by atoms with Crippen molar-refractivity contribution < 1.29 is 9.90 Å². The molecule has 0 radical (unpaired) electrons. The number of fused-ring (bicyclic) bond motifs is 1. The molecule has 2 saturated carbocycles. The molecule has 0 bridgehead atoms. The van der Waals surface area contributed by atoms with Crippen LogP contribution in [0.25, 0.3) is 0 Å². The third-order valence-corrected chi connectivity index (χ3v) is 5.37. The van der Waals surface area contributed by atoms with Gasteiger partial charge >= 0.3 is 0 Å². The van der Waals surface area contributed by atoms with Crippen molar-refractivity contribution in [2.75, 3.05) is 0 Å². The zero-order valence-corrected chi connectivity index (χ0v) is 11.6. The number of hydrogen-bond donors (Lipinski definition) is 1. The van der Waals surface area contributed by atoms with Crippen LogP contribution in [-0.4, -0.2) is 16.5 Å². The van der Waals surface area contributed by atoms with E-state index in [1.54, 1.807) is 6.92 Å². The number of ketones is 1. The summed E-state index contributed by atoms with van der Waals surface area (Å²) in [4.78, 5) is 11.8. The van der Waals surface area contributed by atoms with Crippen molar-refractivity contribution in [3.8, 4) is 0 Å². The SMILES string of the molecule is CC(=O)[C@@H]1CC[C@H]2[C@H]1[C@H](C(C)C)CC[C@]2(C)O. The zero-order valence-electron chi connectivity index (χ0n) is 11.6. The van der Waals surface area contributed by atoms with E-state index in [9.17, 15) is 9.90 Å². The Morgan fingerprint density at radius 3 is 2.47 bits per heavy atom. The van der Waals surface area contributed by atoms with Gasteiger partial charge in [-0.15, -0.1) is 0 Å². The van der Waals surface area contributed by atoms with Crippen LogP contribution in [0.5, 0.6) is 0 Å². The van der Waals surface area contributed by atoms with Crippen LogP contribution >= 0.6 is 0 Å². The van der Waals surface area contributed by atoms with E-state index in [0.717, 1.165) is 25.7 Å². The summed E-state index contributed by atoms with van der Waals surface area (Å²) in [7, 11) is 0. The minimum Gasteiger partial charge on any atom is -0.390 e. The Kier molecular flexibility index (Phi) is 3.37. The van der Waals surface area contributed by atoms with Gasteiger partial charge in [-0.3, -0.25) is 4.79 Å². The molecule has 0 heterocycles. The second-order valence-corrected chi connectivity index (χ2v) is 6.78. The third kappa shape index (κ3) is 2.16. The van der Waals surface area contributed by atoms with Gasteiger partial charge in [0.15, 0.2) is 0 Å². The van der Waals surface area contributed by atoms with E-state index < -0.39 is 5.60 Å². The Morgan fingerprint density at radius 1 is 1.29 bits per heavy atom. The molecule has 0 spiro atoms. The van der Waals surface area contributed by atoms with Gasteiger partial charge in [0, 0.05) is 5.92 Å². The standard InChI is InChI=1S/C15H26O2/c1-9(2)11-7-8-15(4,17)13-6-5-12(10(3)16)14(11)13/h9,11-14,17H,5-8H2,1-4H3/t11-,12-,13-,14-,15-/m0/s1. The number of aliphatic hydroxyl groups is 1. The highest BCUT2D eigenvalue weighted by molar-refractivity contribution is 5.79. The maximum atomic E-state index is 11.8. The minimum absolute atomic E-state index is 0.208. The molecule has 0 aromatic heterocycles. The van der Waals surface area contributed by atoms with Gasteiger partial charge in [0.2, 0.25) is 0 Å². The molecule has 2 nitrogen and oxygen atoms in total. The Balaban J connectivity index is 2.28. The summed E-state index contributed by atoms with van der Waals surface area (Å²) in [5.41, 5.74) is -0.541. The topological polar surface area (TPSA) is 37.3 Å². The lowest BCUT2D eigenvalue weighted by molar-refractivity contribution is -0.127. The molecule has 2 aliphatic carbocycles. The average molecular weight is 238 g/mol. The van der Waals surface area contributed by atoms with E-state index in [1.165, 1.54) is 0 Å². The number of hydrogen-bond acceptors (Lipinski definition) is 2. The Morgan fingerprint density at radius 2 is 1.94 bits per heavy atom. The van der Waals surface area contributed by atoms with Crippen molar-refractivity contribution >= 4 is 5.78 Å². The first-order chi connectivity index (χ1) is 7.84. The lowest BCUT2D eigenvalue weighted by Gasteiger charge is -2.46. The smallest absolute Gasteiger partial charge is 0.133 e. The van der Waals surface area contributed by atoms with E-state index in [4.69, 9.17) is 0 Å². The van der Waals surface area contributed by atoms with Gasteiger partial charge in [-0.1, -0.05) is 13.8 Å². The fourth-order valence-corrected chi connectivity index (χ4v) is 4.44. The molecule has 1 N–H and O–H groups in total. The summed E-state index contributed by atoms with van der Waals surface area (Å²) in [6.45, 7) is 8.23. The number of carbonyl (C=O) groups excluding carboxylic acids is 1. The van der Waals surface area contributed by atoms with Crippen molar-refractivity contribution in [2.45, 2.75) is 59.0 Å². The van der Waals surface area contributed by atoms with Gasteiger partial charge in [-0.05, 0) is 63.2 Å². The van der Waals surface area contributed by atoms with Gasteiger partial charge in [-0.2, -0.15) is 0 Å². The molecule has 0 unspecified atom stereocenters. The maximum absolute atomic E-state index is 11.8. The second-order valence-electron chi connectivity index (χ2n) is 6.78. The van der Waals surface area contributed by atoms with Crippen molar-refractivity contribution in [3.63, 3.8) is 0 Å². The normalized spacial score (nSPS) is 46.0. The van der Waals surface area contributed by atoms with Crippen LogP contribution in [0.1, 0.15) is 53.4 Å². The highest BCUT2D eigenvalue weighted by atomic mass is 16.3. The van der Waals surface area contributed by atoms with Crippen molar-refractivity contribution in [1.29, 1.82) is 0 Å². The summed E-state index contributed by atoms with van der Waals surface area (Å²) in [5, 5.41) is 10.5. The first-order valence-corrected chi connectivity index (χ1v) is 7.07. The van der Waals surface area contributed by atoms with E-state index in [1.807, 2.05) is 6.92 Å². The van der Waals surface area contributed by atoms with Crippen LogP contribution < -0.4 is 0 Å². The van der Waals surface area contributed by atoms with Crippen molar-refractivity contribution in [2.24, 2.45) is 29.6 Å². The molecular weight excluding hydrogens is 212 g/mol. The first kappa shape index (κ1) is 13.1. The number of Topliss-reactive ketones (excluding diaryl/α,β-unsaturated/α-hetero) is 1. The van der Waals surface area contributed by atoms with Crippen LogP contribution in [0.3, 0.4) is 0 Å². The minimum atomic E-state index is -0.541. The van der Waals surface area contributed by atoms with Gasteiger partial charge in [0.1, 0.15) is 5.78 Å². The molecule has 0 saturated heterocycles. The molecular formula is C15H26O2. The largest absolute Gasteiger partial charge is 0.390 e. The Labute approximate surface area is 105 Å². The van der Waals surface area contributed by atoms with Gasteiger partial charge < -0.3 is 5.11 Å². The summed E-state index contributed by atoms with van der Waals surface area (Å²) < 4.78 is 0. The molecule has 98 valence electrons. The molecule has 2 rings (SSSR count). The van der Waals surface area contributed by atoms with E-state index in [0.29, 0.717) is 29.5 Å². The molecule has 2 fully saturated rings. The third-order valence-electron chi connectivity index (χ3n) is 5.37. The number of rotatable bonds is 2. The van der Waals surface area contributed by atoms with Gasteiger partial charge in [0.25, 0.3) is 0 Å². The van der Waals surface area contributed by atoms with Crippen LogP contribution in [0.2, 0.25) is 0 Å². The summed E-state index contributed by atoms with van der Waals surface area (Å²) in [5.74, 6) is 2.56. The number of carbonyl (C=O) groups is 1. The molecule has 0 aromatic rings. The summed E-state index contributed by atoms with van der Waals surface area (Å²) in [6.07, 6.45) is 4.01. The van der Waals surface area contributed by atoms with E-state index >= 15 is 0 Å². The molecule has 2 heteroatoms. The molecule has 0 aromatic carbocycles. The van der Waals surface area contributed by atoms with Crippen LogP contribution in [0.4, 0.5) is 0 Å². The predicted molar refractivity (Wildman–Crippen MR) is 68.6 cm³/mol. The molecule has 17 heavy (non-hydrogen) atoms. The van der Waals surface area contributed by atoms with Gasteiger partial charge in [0.05, 0.1) is 5.60 Å². The lowest BCUT2D eigenvalue weighted by atomic mass is 9.61. The van der Waals surface area contributed by atoms with Crippen LogP contribution in [0, 0.1) is 29.6 Å². The summed E-state index contributed by atoms with van der Waals surface area (Å²) in [6, 6.07) is 0. The lowest BCUT2D eigenvalue weighted by Crippen LogP contribution is -2.47.